The number of carbonyl (C=O) groups is 1. The number of hydrogen-bond donors (Lipinski definition) is 2. The smallest absolute Gasteiger partial charge is 0.324 e. The molecule has 0 atom stereocenters. The summed E-state index contributed by atoms with van der Waals surface area (Å²) in [6.45, 7) is 0. The van der Waals surface area contributed by atoms with Crippen molar-refractivity contribution < 1.29 is 7.86 Å². The van der Waals surface area contributed by atoms with E-state index in [-0.39, 0.29) is 0 Å². The van der Waals surface area contributed by atoms with E-state index < -0.39 is 6.03 Å². The van der Waals surface area contributed by atoms with Gasteiger partial charge < -0.3 is 8.38 Å². The van der Waals surface area contributed by atoms with E-state index in [1.54, 1.807) is 70.3 Å². The molecule has 0 saturated heterocycles. The molecule has 114 valence electrons. The fraction of sp³-hybridized carbons (Fsp3) is 0. The minimum Gasteiger partial charge on any atom is -0.424 e. The van der Waals surface area contributed by atoms with E-state index >= 15 is 0 Å². The summed E-state index contributed by atoms with van der Waals surface area (Å²) in [6, 6.07) is 11.8. The summed E-state index contributed by atoms with van der Waals surface area (Å²) in [4.78, 5) is 16.2. The molecule has 0 spiro atoms. The Morgan fingerprint density at radius 1 is 1.22 bits per heavy atom. The zero-order valence-electron chi connectivity index (χ0n) is 11.7. The fourth-order valence-corrected chi connectivity index (χ4v) is 2.41. The van der Waals surface area contributed by atoms with E-state index in [0.29, 0.717) is 22.8 Å². The van der Waals surface area contributed by atoms with Gasteiger partial charge in [-0.2, -0.15) is 5.26 Å². The third-order valence-corrected chi connectivity index (χ3v) is 3.61. The van der Waals surface area contributed by atoms with Gasteiger partial charge in [-0.05, 0) is 36.4 Å². The number of fused-ring (bicyclic) bond motifs is 1. The summed E-state index contributed by atoms with van der Waals surface area (Å²) in [5, 5.41) is 14.2. The van der Waals surface area contributed by atoms with Crippen molar-refractivity contribution in [3.05, 3.63) is 54.5 Å². The van der Waals surface area contributed by atoms with Crippen LogP contribution in [0.1, 0.15) is 5.56 Å². The lowest BCUT2D eigenvalue weighted by Gasteiger charge is -2.12. The van der Waals surface area contributed by atoms with Gasteiger partial charge in [0.1, 0.15) is 6.33 Å². The monoisotopic (exact) mass is 419 g/mol. The van der Waals surface area contributed by atoms with Crippen molar-refractivity contribution in [3.63, 3.8) is 0 Å². The quantitative estimate of drug-likeness (QED) is 0.635. The summed E-state index contributed by atoms with van der Waals surface area (Å²) in [7, 11) is 0. The maximum absolute atomic E-state index is 12.2. The average Bonchev–Trinajstić information content (AvgIpc) is 3.05. The first-order chi connectivity index (χ1) is 11.2. The molecule has 2 N–H and O–H groups in total. The molecule has 0 aliphatic heterocycles. The summed E-state index contributed by atoms with van der Waals surface area (Å²) in [5.74, 6) is 0.978. The molecule has 0 aliphatic carbocycles. The molecule has 2 heterocycles. The molecule has 0 aliphatic rings. The van der Waals surface area contributed by atoms with Crippen LogP contribution in [0.25, 0.3) is 5.52 Å². The number of carbonyl (C=O) groups excluding carboxylic acids is 1. The lowest BCUT2D eigenvalue weighted by atomic mass is 10.2. The highest BCUT2D eigenvalue weighted by molar-refractivity contribution is 14.1. The highest BCUT2D eigenvalue weighted by atomic mass is 127. The molecule has 0 fully saturated rings. The minimum absolute atomic E-state index is 0.425. The number of anilines is 2. The van der Waals surface area contributed by atoms with Crippen LogP contribution in [0.15, 0.2) is 48.9 Å². The van der Waals surface area contributed by atoms with Crippen LogP contribution in [0.2, 0.25) is 0 Å². The number of aromatic nitrogens is 2. The van der Waals surface area contributed by atoms with Crippen LogP contribution in [0.4, 0.5) is 16.3 Å². The van der Waals surface area contributed by atoms with Gasteiger partial charge in [0.15, 0.2) is 34.6 Å². The zero-order valence-corrected chi connectivity index (χ0v) is 13.8. The van der Waals surface area contributed by atoms with Crippen LogP contribution in [0.5, 0.6) is 5.75 Å². The van der Waals surface area contributed by atoms with Gasteiger partial charge in [0.05, 0.1) is 23.3 Å². The Labute approximate surface area is 145 Å². The summed E-state index contributed by atoms with van der Waals surface area (Å²) in [5.41, 5.74) is 1.94. The molecule has 2 aromatic heterocycles. The standard InChI is InChI=1S/C15H10IN5O2/c16-23-13-6-5-12-8-18-9-21(12)14(13)20-15(22)19-11-3-1-10(7-17)2-4-11/h1-6,8-9H,(H2,19,20,22). The van der Waals surface area contributed by atoms with Gasteiger partial charge in [-0.1, -0.05) is 0 Å². The van der Waals surface area contributed by atoms with Crippen molar-refractivity contribution in [2.75, 3.05) is 10.6 Å². The van der Waals surface area contributed by atoms with Crippen LogP contribution in [0.3, 0.4) is 0 Å². The Balaban J connectivity index is 1.82. The molecule has 1 aromatic carbocycles. The number of pyridine rings is 1. The van der Waals surface area contributed by atoms with Gasteiger partial charge in [0.25, 0.3) is 0 Å². The SMILES string of the molecule is N#Cc1ccc(NC(=O)Nc2c(OI)ccc3cncn23)cc1. The van der Waals surface area contributed by atoms with Crippen molar-refractivity contribution >= 4 is 46.1 Å². The molecule has 0 unspecified atom stereocenters. The third-order valence-electron chi connectivity index (χ3n) is 3.13. The molecule has 0 saturated carbocycles. The van der Waals surface area contributed by atoms with Gasteiger partial charge in [-0.3, -0.25) is 9.72 Å². The van der Waals surface area contributed by atoms with Crippen LogP contribution < -0.4 is 13.7 Å². The molecule has 8 heteroatoms. The Morgan fingerprint density at radius 3 is 2.70 bits per heavy atom. The van der Waals surface area contributed by atoms with E-state index in [0.717, 1.165) is 5.52 Å². The number of nitriles is 1. The van der Waals surface area contributed by atoms with Gasteiger partial charge in [0, 0.05) is 5.69 Å². The number of benzene rings is 1. The number of hydrogen-bond acceptors (Lipinski definition) is 4. The highest BCUT2D eigenvalue weighted by Gasteiger charge is 2.12. The second-order valence-corrected chi connectivity index (χ2v) is 5.02. The molecule has 7 nitrogen and oxygen atoms in total. The first-order valence-corrected chi connectivity index (χ1v) is 7.41. The number of rotatable bonds is 3. The molecule has 2 amide bonds. The lowest BCUT2D eigenvalue weighted by molar-refractivity contribution is 0.262. The van der Waals surface area contributed by atoms with E-state index in [1.165, 1.54) is 0 Å². The van der Waals surface area contributed by atoms with Crippen LogP contribution in [-0.4, -0.2) is 15.4 Å². The average molecular weight is 419 g/mol. The summed E-state index contributed by atoms with van der Waals surface area (Å²) >= 11 is 1.75. The lowest BCUT2D eigenvalue weighted by Crippen LogP contribution is -2.21. The van der Waals surface area contributed by atoms with Gasteiger partial charge >= 0.3 is 6.03 Å². The Morgan fingerprint density at radius 2 is 2.00 bits per heavy atom. The first-order valence-electron chi connectivity index (χ1n) is 6.53. The van der Waals surface area contributed by atoms with Crippen molar-refractivity contribution in [3.8, 4) is 11.8 Å². The predicted octanol–water partition coefficient (Wildman–Crippen LogP) is 3.58. The van der Waals surface area contributed by atoms with E-state index in [9.17, 15) is 4.79 Å². The Bertz CT molecular complexity index is 898. The topological polar surface area (TPSA) is 91.5 Å². The molecular weight excluding hydrogens is 409 g/mol. The number of amides is 2. The van der Waals surface area contributed by atoms with Gasteiger partial charge in [-0.15, -0.1) is 0 Å². The van der Waals surface area contributed by atoms with Crippen molar-refractivity contribution in [2.45, 2.75) is 0 Å². The van der Waals surface area contributed by atoms with E-state index in [2.05, 4.69) is 15.6 Å². The minimum atomic E-state index is -0.425. The fourth-order valence-electron chi connectivity index (χ4n) is 2.06. The summed E-state index contributed by atoms with van der Waals surface area (Å²) < 4.78 is 6.96. The zero-order chi connectivity index (χ0) is 16.2. The Hall–Kier alpha value is -2.80. The second-order valence-electron chi connectivity index (χ2n) is 4.58. The van der Waals surface area contributed by atoms with Gasteiger partial charge in [0.2, 0.25) is 0 Å². The van der Waals surface area contributed by atoms with Crippen LogP contribution in [0, 0.1) is 11.3 Å². The van der Waals surface area contributed by atoms with E-state index in [1.807, 2.05) is 12.1 Å². The van der Waals surface area contributed by atoms with Crippen molar-refractivity contribution in [1.29, 1.82) is 5.26 Å². The highest BCUT2D eigenvalue weighted by Crippen LogP contribution is 2.27. The molecule has 23 heavy (non-hydrogen) atoms. The predicted molar refractivity (Wildman–Crippen MR) is 93.6 cm³/mol. The Kier molecular flexibility index (Phi) is 4.29. The van der Waals surface area contributed by atoms with Gasteiger partial charge in [-0.25, -0.2) is 9.78 Å². The molecular formula is C15H10IN5O2. The summed E-state index contributed by atoms with van der Waals surface area (Å²) in [6.07, 6.45) is 3.27. The van der Waals surface area contributed by atoms with Crippen LogP contribution in [-0.2, 0) is 0 Å². The molecule has 3 aromatic rings. The number of urea groups is 1. The molecule has 0 bridgehead atoms. The van der Waals surface area contributed by atoms with E-state index in [4.69, 9.17) is 8.33 Å². The van der Waals surface area contributed by atoms with Crippen molar-refractivity contribution in [1.82, 2.24) is 9.38 Å². The first kappa shape index (κ1) is 15.1. The maximum atomic E-state index is 12.2. The second kappa shape index (κ2) is 6.53. The molecule has 3 rings (SSSR count). The van der Waals surface area contributed by atoms with Crippen molar-refractivity contribution in [2.24, 2.45) is 0 Å². The number of halogens is 1. The number of nitrogens with one attached hydrogen (secondary N) is 2. The maximum Gasteiger partial charge on any atom is 0.324 e. The van der Waals surface area contributed by atoms with Crippen LogP contribution >= 0.6 is 23.0 Å². The largest absolute Gasteiger partial charge is 0.424 e. The number of imidazole rings is 1. The molecule has 0 radical (unpaired) electrons. The normalized spacial score (nSPS) is 10.1. The number of nitrogens with zero attached hydrogens (tertiary/aromatic N) is 3. The third kappa shape index (κ3) is 3.19.